The Hall–Kier alpha value is -3.04. The number of rotatable bonds is 5. The molecular weight excluding hydrogens is 422 g/mol. The van der Waals surface area contributed by atoms with Crippen LogP contribution in [0.15, 0.2) is 64.8 Å². The predicted octanol–water partition coefficient (Wildman–Crippen LogP) is 3.79. The monoisotopic (exact) mass is 432 g/mol. The van der Waals surface area contributed by atoms with Gasteiger partial charge in [-0.25, -0.2) is 8.78 Å². The van der Waals surface area contributed by atoms with E-state index in [0.29, 0.717) is 15.7 Å². The lowest BCUT2D eigenvalue weighted by molar-refractivity contribution is 0.102. The average molecular weight is 433 g/mol. The van der Waals surface area contributed by atoms with Gasteiger partial charge in [0.25, 0.3) is 0 Å². The first-order chi connectivity index (χ1) is 13.9. The molecule has 0 fully saturated rings. The summed E-state index contributed by atoms with van der Waals surface area (Å²) in [4.78, 5) is 25.0. The number of thioether (sulfide) groups is 1. The van der Waals surface area contributed by atoms with Crippen LogP contribution >= 0.6 is 23.4 Å². The molecule has 4 rings (SSSR count). The molecule has 0 spiro atoms. The summed E-state index contributed by atoms with van der Waals surface area (Å²) in [5, 5.41) is 8.64. The van der Waals surface area contributed by atoms with Crippen LogP contribution in [0, 0.1) is 11.6 Å². The lowest BCUT2D eigenvalue weighted by Crippen LogP contribution is -2.20. The Morgan fingerprint density at radius 2 is 1.90 bits per heavy atom. The van der Waals surface area contributed by atoms with E-state index in [0.717, 1.165) is 28.5 Å². The lowest BCUT2D eigenvalue weighted by Gasteiger charge is -2.07. The van der Waals surface area contributed by atoms with Gasteiger partial charge in [0.2, 0.25) is 5.65 Å². The van der Waals surface area contributed by atoms with Crippen LogP contribution in [0.1, 0.15) is 10.4 Å². The normalized spacial score (nSPS) is 11.1. The standard InChI is InChI=1S/C19H11ClF2N4O2S/c20-12-3-1-2-11(8-12)16(27)10-29-19-24-23-17-18(28)25(6-7-26(17)19)13-4-5-14(21)15(22)9-13/h1-9H,10H2. The highest BCUT2D eigenvalue weighted by molar-refractivity contribution is 7.99. The van der Waals surface area contributed by atoms with Crippen LogP contribution in [-0.4, -0.2) is 30.7 Å². The maximum atomic E-state index is 13.5. The van der Waals surface area contributed by atoms with E-state index < -0.39 is 17.2 Å². The number of Topliss-reactive ketones (excluding diaryl/α,β-unsaturated/α-hetero) is 1. The van der Waals surface area contributed by atoms with Crippen LogP contribution < -0.4 is 5.56 Å². The molecule has 0 radical (unpaired) electrons. The van der Waals surface area contributed by atoms with Gasteiger partial charge in [-0.05, 0) is 24.3 Å². The van der Waals surface area contributed by atoms with E-state index in [1.54, 1.807) is 24.3 Å². The van der Waals surface area contributed by atoms with Gasteiger partial charge in [0, 0.05) is 29.0 Å². The zero-order chi connectivity index (χ0) is 20.5. The fraction of sp³-hybridized carbons (Fsp3) is 0.0526. The van der Waals surface area contributed by atoms with E-state index >= 15 is 0 Å². The van der Waals surface area contributed by atoms with Gasteiger partial charge in [0.15, 0.2) is 22.6 Å². The zero-order valence-corrected chi connectivity index (χ0v) is 16.1. The molecule has 0 aliphatic heterocycles. The van der Waals surface area contributed by atoms with Crippen LogP contribution in [0.3, 0.4) is 0 Å². The van der Waals surface area contributed by atoms with Crippen molar-refractivity contribution in [1.29, 1.82) is 0 Å². The highest BCUT2D eigenvalue weighted by Crippen LogP contribution is 2.19. The molecule has 10 heteroatoms. The second-order valence-electron chi connectivity index (χ2n) is 5.97. The molecule has 0 aliphatic carbocycles. The van der Waals surface area contributed by atoms with Crippen LogP contribution in [0.5, 0.6) is 0 Å². The number of carbonyl (C=O) groups excluding carboxylic acids is 1. The van der Waals surface area contributed by atoms with Crippen molar-refractivity contribution in [3.63, 3.8) is 0 Å². The molecule has 146 valence electrons. The summed E-state index contributed by atoms with van der Waals surface area (Å²) in [5.41, 5.74) is 0.0678. The molecule has 2 heterocycles. The van der Waals surface area contributed by atoms with Gasteiger partial charge in [-0.15, -0.1) is 10.2 Å². The third-order valence-corrected chi connectivity index (χ3v) is 5.28. The van der Waals surface area contributed by atoms with E-state index in [9.17, 15) is 18.4 Å². The molecule has 29 heavy (non-hydrogen) atoms. The Bertz CT molecular complexity index is 1310. The maximum Gasteiger partial charge on any atom is 0.300 e. The van der Waals surface area contributed by atoms with Gasteiger partial charge >= 0.3 is 5.56 Å². The van der Waals surface area contributed by atoms with E-state index in [2.05, 4.69) is 10.2 Å². The summed E-state index contributed by atoms with van der Waals surface area (Å²) in [6, 6.07) is 9.75. The van der Waals surface area contributed by atoms with Gasteiger partial charge < -0.3 is 0 Å². The topological polar surface area (TPSA) is 69.3 Å². The van der Waals surface area contributed by atoms with Crippen LogP contribution in [-0.2, 0) is 0 Å². The number of benzene rings is 2. The molecule has 0 amide bonds. The molecule has 0 aliphatic rings. The number of halogens is 3. The second kappa shape index (κ2) is 7.76. The Labute approximate surface area is 171 Å². The molecular formula is C19H11ClF2N4O2S. The number of aromatic nitrogens is 4. The fourth-order valence-electron chi connectivity index (χ4n) is 2.68. The number of hydrogen-bond acceptors (Lipinski definition) is 5. The second-order valence-corrected chi connectivity index (χ2v) is 7.35. The number of nitrogens with zero attached hydrogens (tertiary/aromatic N) is 4. The summed E-state index contributed by atoms with van der Waals surface area (Å²) < 4.78 is 29.2. The highest BCUT2D eigenvalue weighted by atomic mass is 35.5. The smallest absolute Gasteiger partial charge is 0.293 e. The van der Waals surface area contributed by atoms with Crippen molar-refractivity contribution in [3.05, 3.63) is 87.4 Å². The Kier molecular flexibility index (Phi) is 5.16. The number of ketones is 1. The minimum absolute atomic E-state index is 0.00469. The molecule has 4 aromatic rings. The van der Waals surface area contributed by atoms with Gasteiger partial charge in [0.05, 0.1) is 11.4 Å². The van der Waals surface area contributed by atoms with Crippen molar-refractivity contribution in [2.45, 2.75) is 5.16 Å². The molecule has 0 atom stereocenters. The minimum Gasteiger partial charge on any atom is -0.293 e. The van der Waals surface area contributed by atoms with Gasteiger partial charge in [-0.2, -0.15) is 0 Å². The molecule has 6 nitrogen and oxygen atoms in total. The van der Waals surface area contributed by atoms with Crippen molar-refractivity contribution in [2.24, 2.45) is 0 Å². The Balaban J connectivity index is 1.61. The summed E-state index contributed by atoms with van der Waals surface area (Å²) in [7, 11) is 0. The van der Waals surface area contributed by atoms with Crippen LogP contribution in [0.25, 0.3) is 11.3 Å². The van der Waals surface area contributed by atoms with Gasteiger partial charge in [-0.1, -0.05) is 35.5 Å². The van der Waals surface area contributed by atoms with E-state index in [-0.39, 0.29) is 22.9 Å². The minimum atomic E-state index is -1.06. The highest BCUT2D eigenvalue weighted by Gasteiger charge is 2.15. The molecule has 2 aromatic heterocycles. The largest absolute Gasteiger partial charge is 0.300 e. The van der Waals surface area contributed by atoms with E-state index in [1.165, 1.54) is 22.9 Å². The molecule has 0 saturated heterocycles. The first kappa shape index (κ1) is 19.3. The first-order valence-corrected chi connectivity index (χ1v) is 9.64. The Morgan fingerprint density at radius 1 is 1.07 bits per heavy atom. The molecule has 0 saturated carbocycles. The van der Waals surface area contributed by atoms with Crippen LogP contribution in [0.2, 0.25) is 5.02 Å². The fourth-order valence-corrected chi connectivity index (χ4v) is 3.68. The number of carbonyl (C=O) groups is 1. The molecule has 0 N–H and O–H groups in total. The summed E-state index contributed by atoms with van der Waals surface area (Å²) in [6.07, 6.45) is 2.92. The van der Waals surface area contributed by atoms with Crippen LogP contribution in [0.4, 0.5) is 8.78 Å². The number of fused-ring (bicyclic) bond motifs is 1. The summed E-state index contributed by atoms with van der Waals surface area (Å²) >= 11 is 7.02. The summed E-state index contributed by atoms with van der Waals surface area (Å²) in [5.74, 6) is -2.14. The van der Waals surface area contributed by atoms with Crippen molar-refractivity contribution in [2.75, 3.05) is 5.75 Å². The lowest BCUT2D eigenvalue weighted by atomic mass is 10.1. The van der Waals surface area contributed by atoms with Gasteiger partial charge in [0.1, 0.15) is 0 Å². The molecule has 0 bridgehead atoms. The molecule has 0 unspecified atom stereocenters. The maximum absolute atomic E-state index is 13.5. The predicted molar refractivity (Wildman–Crippen MR) is 105 cm³/mol. The SMILES string of the molecule is O=C(CSc1nnc2c(=O)n(-c3ccc(F)c(F)c3)ccn12)c1cccc(Cl)c1. The number of hydrogen-bond donors (Lipinski definition) is 0. The average Bonchev–Trinajstić information content (AvgIpc) is 3.12. The van der Waals surface area contributed by atoms with Crippen molar-refractivity contribution in [3.8, 4) is 5.69 Å². The van der Waals surface area contributed by atoms with Crippen molar-refractivity contribution in [1.82, 2.24) is 19.2 Å². The molecule has 2 aromatic carbocycles. The quantitative estimate of drug-likeness (QED) is 0.354. The zero-order valence-electron chi connectivity index (χ0n) is 14.6. The Morgan fingerprint density at radius 3 is 2.66 bits per heavy atom. The van der Waals surface area contributed by atoms with E-state index in [1.807, 2.05) is 0 Å². The third-order valence-electron chi connectivity index (χ3n) is 4.10. The van der Waals surface area contributed by atoms with E-state index in [4.69, 9.17) is 11.6 Å². The van der Waals surface area contributed by atoms with Crippen molar-refractivity contribution < 1.29 is 13.6 Å². The first-order valence-electron chi connectivity index (χ1n) is 8.27. The third kappa shape index (κ3) is 3.79. The van der Waals surface area contributed by atoms with Gasteiger partial charge in [-0.3, -0.25) is 18.6 Å². The van der Waals surface area contributed by atoms with Crippen molar-refractivity contribution >= 4 is 34.8 Å². The summed E-state index contributed by atoms with van der Waals surface area (Å²) in [6.45, 7) is 0.